The lowest BCUT2D eigenvalue weighted by molar-refractivity contribution is -0.00574. The van der Waals surface area contributed by atoms with Crippen LogP contribution in [-0.2, 0) is 4.74 Å². The molecule has 0 unspecified atom stereocenters. The normalized spacial score (nSPS) is 21.3. The average molecular weight is 314 g/mol. The van der Waals surface area contributed by atoms with E-state index >= 15 is 0 Å². The number of pyridine rings is 1. The Morgan fingerprint density at radius 3 is 2.61 bits per heavy atom. The number of rotatable bonds is 3. The Bertz CT molecular complexity index is 682. The van der Waals surface area contributed by atoms with E-state index in [0.29, 0.717) is 11.8 Å². The summed E-state index contributed by atoms with van der Waals surface area (Å²) in [5, 5.41) is 0. The molecule has 2 aromatic heterocycles. The summed E-state index contributed by atoms with van der Waals surface area (Å²) in [7, 11) is 1.63. The quantitative estimate of drug-likeness (QED) is 0.867. The highest BCUT2D eigenvalue weighted by Gasteiger charge is 2.25. The number of methoxy groups -OCH3 is 1. The van der Waals surface area contributed by atoms with Crippen molar-refractivity contribution < 1.29 is 9.47 Å². The third-order valence-corrected chi connectivity index (χ3v) is 3.84. The standard InChI is InChI=1S/C17H22N4O2/c1-11-7-14(5-6-18-11)15-8-19-17(20-16(15)22-4)21-9-12(2)23-13(3)10-21/h5-8,12-13H,9-10H2,1-4H3/t12-,13+. The maximum Gasteiger partial charge on any atom is 0.228 e. The molecule has 122 valence electrons. The SMILES string of the molecule is COc1nc(N2C[C@@H](C)O[C@@H](C)C2)ncc1-c1ccnc(C)c1. The lowest BCUT2D eigenvalue weighted by Crippen LogP contribution is -2.46. The van der Waals surface area contributed by atoms with Crippen molar-refractivity contribution in [1.29, 1.82) is 0 Å². The van der Waals surface area contributed by atoms with Gasteiger partial charge in [-0.15, -0.1) is 0 Å². The summed E-state index contributed by atoms with van der Waals surface area (Å²) in [6, 6.07) is 3.94. The van der Waals surface area contributed by atoms with Gasteiger partial charge < -0.3 is 14.4 Å². The number of ether oxygens (including phenoxy) is 2. The van der Waals surface area contributed by atoms with E-state index in [-0.39, 0.29) is 12.2 Å². The molecule has 0 spiro atoms. The summed E-state index contributed by atoms with van der Waals surface area (Å²) in [6.45, 7) is 7.64. The van der Waals surface area contributed by atoms with E-state index in [1.54, 1.807) is 13.3 Å². The second kappa shape index (κ2) is 6.50. The highest BCUT2D eigenvalue weighted by Crippen LogP contribution is 2.29. The lowest BCUT2D eigenvalue weighted by atomic mass is 10.1. The number of hydrogen-bond acceptors (Lipinski definition) is 6. The fourth-order valence-electron chi connectivity index (χ4n) is 2.92. The van der Waals surface area contributed by atoms with Gasteiger partial charge in [-0.1, -0.05) is 0 Å². The molecule has 1 fully saturated rings. The first kappa shape index (κ1) is 15.7. The van der Waals surface area contributed by atoms with Crippen LogP contribution in [-0.4, -0.2) is 47.4 Å². The molecule has 2 aromatic rings. The van der Waals surface area contributed by atoms with Gasteiger partial charge in [-0.05, 0) is 38.5 Å². The minimum atomic E-state index is 0.163. The van der Waals surface area contributed by atoms with Crippen LogP contribution in [0.4, 0.5) is 5.95 Å². The van der Waals surface area contributed by atoms with Crippen LogP contribution < -0.4 is 9.64 Å². The van der Waals surface area contributed by atoms with Gasteiger partial charge in [0.15, 0.2) is 0 Å². The first-order valence-corrected chi connectivity index (χ1v) is 7.81. The van der Waals surface area contributed by atoms with Crippen LogP contribution in [0.1, 0.15) is 19.5 Å². The van der Waals surface area contributed by atoms with Crippen molar-refractivity contribution in [1.82, 2.24) is 15.0 Å². The smallest absolute Gasteiger partial charge is 0.228 e. The van der Waals surface area contributed by atoms with Crippen molar-refractivity contribution in [3.8, 4) is 17.0 Å². The van der Waals surface area contributed by atoms with Gasteiger partial charge >= 0.3 is 0 Å². The highest BCUT2D eigenvalue weighted by molar-refractivity contribution is 5.68. The van der Waals surface area contributed by atoms with E-state index in [9.17, 15) is 0 Å². The summed E-state index contributed by atoms with van der Waals surface area (Å²) in [5.74, 6) is 1.26. The molecule has 0 N–H and O–H groups in total. The molecule has 1 saturated heterocycles. The zero-order valence-electron chi connectivity index (χ0n) is 14.0. The lowest BCUT2D eigenvalue weighted by Gasteiger charge is -2.35. The molecular formula is C17H22N4O2. The minimum Gasteiger partial charge on any atom is -0.480 e. The number of anilines is 1. The molecule has 3 rings (SSSR count). The van der Waals surface area contributed by atoms with Gasteiger partial charge in [-0.25, -0.2) is 4.98 Å². The Morgan fingerprint density at radius 1 is 1.22 bits per heavy atom. The van der Waals surface area contributed by atoms with Gasteiger partial charge in [0.25, 0.3) is 0 Å². The Labute approximate surface area is 136 Å². The van der Waals surface area contributed by atoms with Crippen molar-refractivity contribution in [2.45, 2.75) is 33.0 Å². The van der Waals surface area contributed by atoms with Gasteiger partial charge in [0.2, 0.25) is 11.8 Å². The van der Waals surface area contributed by atoms with E-state index in [1.807, 2.05) is 25.3 Å². The second-order valence-electron chi connectivity index (χ2n) is 5.94. The molecule has 0 aliphatic carbocycles. The van der Waals surface area contributed by atoms with E-state index in [2.05, 4.69) is 33.7 Å². The monoisotopic (exact) mass is 314 g/mol. The summed E-state index contributed by atoms with van der Waals surface area (Å²) in [5.41, 5.74) is 2.82. The Kier molecular flexibility index (Phi) is 4.43. The molecule has 3 heterocycles. The molecule has 23 heavy (non-hydrogen) atoms. The maximum atomic E-state index is 5.77. The molecule has 1 aliphatic rings. The summed E-state index contributed by atoms with van der Waals surface area (Å²) >= 11 is 0. The van der Waals surface area contributed by atoms with Gasteiger partial charge in [-0.3, -0.25) is 4.98 Å². The highest BCUT2D eigenvalue weighted by atomic mass is 16.5. The minimum absolute atomic E-state index is 0.163. The number of aromatic nitrogens is 3. The predicted molar refractivity (Wildman–Crippen MR) is 88.8 cm³/mol. The van der Waals surface area contributed by atoms with Crippen LogP contribution in [0.2, 0.25) is 0 Å². The fraction of sp³-hybridized carbons (Fsp3) is 0.471. The van der Waals surface area contributed by atoms with Gasteiger partial charge in [0.05, 0.1) is 24.9 Å². The number of morpholine rings is 1. The van der Waals surface area contributed by atoms with Crippen molar-refractivity contribution in [3.05, 3.63) is 30.2 Å². The molecule has 6 nitrogen and oxygen atoms in total. The second-order valence-corrected chi connectivity index (χ2v) is 5.94. The Morgan fingerprint density at radius 2 is 1.96 bits per heavy atom. The van der Waals surface area contributed by atoms with Crippen LogP contribution in [0.3, 0.4) is 0 Å². The van der Waals surface area contributed by atoms with Crippen LogP contribution in [0.25, 0.3) is 11.1 Å². The average Bonchev–Trinajstić information content (AvgIpc) is 2.53. The predicted octanol–water partition coefficient (Wildman–Crippen LogP) is 2.47. The summed E-state index contributed by atoms with van der Waals surface area (Å²) in [4.78, 5) is 15.5. The summed E-state index contributed by atoms with van der Waals surface area (Å²) in [6.07, 6.45) is 3.93. The van der Waals surface area contributed by atoms with Crippen LogP contribution in [0, 0.1) is 6.92 Å². The number of nitrogens with zero attached hydrogens (tertiary/aromatic N) is 4. The van der Waals surface area contributed by atoms with E-state index in [4.69, 9.17) is 9.47 Å². The summed E-state index contributed by atoms with van der Waals surface area (Å²) < 4.78 is 11.3. The van der Waals surface area contributed by atoms with E-state index < -0.39 is 0 Å². The Balaban J connectivity index is 1.93. The largest absolute Gasteiger partial charge is 0.480 e. The Hall–Kier alpha value is -2.21. The third-order valence-electron chi connectivity index (χ3n) is 3.84. The first-order chi connectivity index (χ1) is 11.1. The molecule has 0 saturated carbocycles. The van der Waals surface area contributed by atoms with Crippen molar-refractivity contribution >= 4 is 5.95 Å². The molecule has 0 bridgehead atoms. The van der Waals surface area contributed by atoms with Gasteiger partial charge in [0, 0.05) is 31.2 Å². The maximum absolute atomic E-state index is 5.77. The molecular weight excluding hydrogens is 292 g/mol. The first-order valence-electron chi connectivity index (χ1n) is 7.81. The van der Waals surface area contributed by atoms with Crippen LogP contribution in [0.5, 0.6) is 5.88 Å². The molecule has 6 heteroatoms. The molecule has 1 aliphatic heterocycles. The van der Waals surface area contributed by atoms with Crippen molar-refractivity contribution in [2.75, 3.05) is 25.1 Å². The van der Waals surface area contributed by atoms with Crippen molar-refractivity contribution in [2.24, 2.45) is 0 Å². The zero-order chi connectivity index (χ0) is 16.4. The number of aryl methyl sites for hydroxylation is 1. The zero-order valence-corrected chi connectivity index (χ0v) is 14.0. The van der Waals surface area contributed by atoms with Crippen molar-refractivity contribution in [3.63, 3.8) is 0 Å². The molecule has 0 amide bonds. The number of hydrogen-bond donors (Lipinski definition) is 0. The van der Waals surface area contributed by atoms with Crippen LogP contribution >= 0.6 is 0 Å². The third kappa shape index (κ3) is 3.42. The molecule has 0 aromatic carbocycles. The van der Waals surface area contributed by atoms with E-state index in [0.717, 1.165) is 29.9 Å². The van der Waals surface area contributed by atoms with E-state index in [1.165, 1.54) is 0 Å². The molecule has 0 radical (unpaired) electrons. The topological polar surface area (TPSA) is 60.4 Å². The van der Waals surface area contributed by atoms with Gasteiger partial charge in [0.1, 0.15) is 0 Å². The van der Waals surface area contributed by atoms with Gasteiger partial charge in [-0.2, -0.15) is 4.98 Å². The van der Waals surface area contributed by atoms with Crippen LogP contribution in [0.15, 0.2) is 24.5 Å². The fourth-order valence-corrected chi connectivity index (χ4v) is 2.92. The molecule has 2 atom stereocenters.